The molecule has 0 unspecified atom stereocenters. The van der Waals surface area contributed by atoms with Gasteiger partial charge in [0.2, 0.25) is 0 Å². The lowest BCUT2D eigenvalue weighted by molar-refractivity contribution is 0.625. The quantitative estimate of drug-likeness (QED) is 0.634. The van der Waals surface area contributed by atoms with E-state index >= 15 is 0 Å². The van der Waals surface area contributed by atoms with Crippen molar-refractivity contribution in [3.05, 3.63) is 56.7 Å². The highest BCUT2D eigenvalue weighted by atomic mass is 79.9. The summed E-state index contributed by atoms with van der Waals surface area (Å²) < 4.78 is 13.6. The fraction of sp³-hybridized carbons (Fsp3) is 0. The van der Waals surface area contributed by atoms with Crippen molar-refractivity contribution in [3.8, 4) is 0 Å². The van der Waals surface area contributed by atoms with E-state index in [-0.39, 0.29) is 5.82 Å². The van der Waals surface area contributed by atoms with Gasteiger partial charge in [-0.25, -0.2) is 4.39 Å². The Morgan fingerprint density at radius 2 is 1.71 bits per heavy atom. The van der Waals surface area contributed by atoms with E-state index in [9.17, 15) is 4.39 Å². The summed E-state index contributed by atoms with van der Waals surface area (Å²) in [6.07, 6.45) is 0. The predicted molar refractivity (Wildman–Crippen MR) is 74.7 cm³/mol. The third-order valence-corrected chi connectivity index (χ3v) is 4.74. The van der Waals surface area contributed by atoms with E-state index in [0.29, 0.717) is 14.5 Å². The highest BCUT2D eigenvalue weighted by molar-refractivity contribution is 9.10. The molecule has 0 bridgehead atoms. The highest BCUT2D eigenvalue weighted by Crippen LogP contribution is 2.38. The Balaban J connectivity index is 2.31. The van der Waals surface area contributed by atoms with Gasteiger partial charge in [-0.3, -0.25) is 0 Å². The molecule has 0 heterocycles. The summed E-state index contributed by atoms with van der Waals surface area (Å²) in [5, 5.41) is 1.18. The number of halogens is 4. The van der Waals surface area contributed by atoms with Crippen LogP contribution in [0.1, 0.15) is 0 Å². The van der Waals surface area contributed by atoms with Crippen LogP contribution >= 0.6 is 50.9 Å². The maximum atomic E-state index is 12.9. The van der Waals surface area contributed by atoms with Crippen molar-refractivity contribution < 1.29 is 4.39 Å². The summed E-state index contributed by atoms with van der Waals surface area (Å²) in [6.45, 7) is 0. The molecule has 2 rings (SSSR count). The van der Waals surface area contributed by atoms with Gasteiger partial charge in [-0.1, -0.05) is 35.0 Å². The van der Waals surface area contributed by atoms with Crippen LogP contribution in [-0.2, 0) is 0 Å². The standard InChI is InChI=1S/C12H6BrCl2FS/c13-9-6-8(16)2-4-11(9)17-12-3-1-7(14)5-10(12)15/h1-6H. The second-order valence-electron chi connectivity index (χ2n) is 3.25. The van der Waals surface area contributed by atoms with Gasteiger partial charge in [-0.05, 0) is 52.3 Å². The number of hydrogen-bond donors (Lipinski definition) is 0. The second kappa shape index (κ2) is 5.61. The zero-order valence-corrected chi connectivity index (χ0v) is 12.3. The van der Waals surface area contributed by atoms with E-state index in [1.807, 2.05) is 6.07 Å². The maximum Gasteiger partial charge on any atom is 0.124 e. The number of hydrogen-bond acceptors (Lipinski definition) is 1. The fourth-order valence-corrected chi connectivity index (χ4v) is 3.17. The lowest BCUT2D eigenvalue weighted by Crippen LogP contribution is -1.80. The summed E-state index contributed by atoms with van der Waals surface area (Å²) in [5.74, 6) is -0.275. The second-order valence-corrected chi connectivity index (χ2v) is 6.03. The van der Waals surface area contributed by atoms with Crippen molar-refractivity contribution >= 4 is 50.9 Å². The van der Waals surface area contributed by atoms with Gasteiger partial charge in [0.15, 0.2) is 0 Å². The Kier molecular flexibility index (Phi) is 4.36. The van der Waals surface area contributed by atoms with Crippen LogP contribution in [-0.4, -0.2) is 0 Å². The SMILES string of the molecule is Fc1ccc(Sc2ccc(Cl)cc2Cl)c(Br)c1. The first kappa shape index (κ1) is 13.2. The van der Waals surface area contributed by atoms with Crippen LogP contribution in [0.3, 0.4) is 0 Å². The molecule has 2 aromatic rings. The van der Waals surface area contributed by atoms with Gasteiger partial charge < -0.3 is 0 Å². The van der Waals surface area contributed by atoms with Crippen LogP contribution in [0.4, 0.5) is 4.39 Å². The normalized spacial score (nSPS) is 10.6. The molecule has 0 fully saturated rings. The van der Waals surface area contributed by atoms with E-state index in [1.165, 1.54) is 23.9 Å². The number of benzene rings is 2. The van der Waals surface area contributed by atoms with Gasteiger partial charge in [-0.15, -0.1) is 0 Å². The molecule has 0 radical (unpaired) electrons. The molecule has 0 atom stereocenters. The molecule has 0 aliphatic heterocycles. The van der Waals surface area contributed by atoms with E-state index in [4.69, 9.17) is 23.2 Å². The Hall–Kier alpha value is -0.220. The largest absolute Gasteiger partial charge is 0.207 e. The summed E-state index contributed by atoms with van der Waals surface area (Å²) in [4.78, 5) is 1.78. The molecule has 0 nitrogen and oxygen atoms in total. The van der Waals surface area contributed by atoms with Crippen molar-refractivity contribution in [1.82, 2.24) is 0 Å². The topological polar surface area (TPSA) is 0 Å². The van der Waals surface area contributed by atoms with Gasteiger partial charge >= 0.3 is 0 Å². The molecule has 17 heavy (non-hydrogen) atoms. The zero-order chi connectivity index (χ0) is 12.4. The monoisotopic (exact) mass is 350 g/mol. The molecule has 0 aliphatic carbocycles. The van der Waals surface area contributed by atoms with Gasteiger partial charge in [0.1, 0.15) is 5.82 Å². The summed E-state index contributed by atoms with van der Waals surface area (Å²) in [5.41, 5.74) is 0. The highest BCUT2D eigenvalue weighted by Gasteiger charge is 2.07. The first-order valence-corrected chi connectivity index (χ1v) is 7.01. The van der Waals surface area contributed by atoms with Crippen LogP contribution in [0.5, 0.6) is 0 Å². The fourth-order valence-electron chi connectivity index (χ4n) is 1.23. The van der Waals surface area contributed by atoms with Crippen molar-refractivity contribution in [3.63, 3.8) is 0 Å². The molecule has 0 saturated heterocycles. The van der Waals surface area contributed by atoms with Gasteiger partial charge in [0, 0.05) is 19.3 Å². The lowest BCUT2D eigenvalue weighted by Gasteiger charge is -2.06. The predicted octanol–water partition coefficient (Wildman–Crippen LogP) is 6.05. The van der Waals surface area contributed by atoms with Crippen LogP contribution < -0.4 is 0 Å². The van der Waals surface area contributed by atoms with Gasteiger partial charge in [0.25, 0.3) is 0 Å². The molecule has 0 aromatic heterocycles. The third kappa shape index (κ3) is 3.38. The van der Waals surface area contributed by atoms with Gasteiger partial charge in [0.05, 0.1) is 5.02 Å². The van der Waals surface area contributed by atoms with Gasteiger partial charge in [-0.2, -0.15) is 0 Å². The lowest BCUT2D eigenvalue weighted by atomic mass is 10.3. The molecule has 0 aliphatic rings. The summed E-state index contributed by atoms with van der Waals surface area (Å²) in [6, 6.07) is 9.83. The first-order valence-electron chi connectivity index (χ1n) is 4.64. The number of rotatable bonds is 2. The average Bonchev–Trinajstić information content (AvgIpc) is 2.25. The summed E-state index contributed by atoms with van der Waals surface area (Å²) >= 11 is 16.7. The molecular weight excluding hydrogens is 346 g/mol. The van der Waals surface area contributed by atoms with E-state index in [1.54, 1.807) is 18.2 Å². The molecule has 0 N–H and O–H groups in total. The smallest absolute Gasteiger partial charge is 0.124 e. The first-order chi connectivity index (χ1) is 8.06. The van der Waals surface area contributed by atoms with E-state index in [2.05, 4.69) is 15.9 Å². The minimum atomic E-state index is -0.275. The third-order valence-electron chi connectivity index (χ3n) is 2.01. The van der Waals surface area contributed by atoms with Crippen LogP contribution in [0, 0.1) is 5.82 Å². The molecule has 2 aromatic carbocycles. The van der Waals surface area contributed by atoms with Crippen LogP contribution in [0.2, 0.25) is 10.0 Å². The minimum absolute atomic E-state index is 0.275. The van der Waals surface area contributed by atoms with Crippen molar-refractivity contribution in [2.24, 2.45) is 0 Å². The zero-order valence-electron chi connectivity index (χ0n) is 8.38. The Morgan fingerprint density at radius 1 is 1.00 bits per heavy atom. The van der Waals surface area contributed by atoms with Crippen molar-refractivity contribution in [2.75, 3.05) is 0 Å². The maximum absolute atomic E-state index is 12.9. The Morgan fingerprint density at radius 3 is 2.35 bits per heavy atom. The van der Waals surface area contributed by atoms with Crippen molar-refractivity contribution in [1.29, 1.82) is 0 Å². The Bertz CT molecular complexity index is 511. The van der Waals surface area contributed by atoms with E-state index < -0.39 is 0 Å². The van der Waals surface area contributed by atoms with Crippen LogP contribution in [0.25, 0.3) is 0 Å². The van der Waals surface area contributed by atoms with Crippen LogP contribution in [0.15, 0.2) is 50.7 Å². The summed E-state index contributed by atoms with van der Waals surface area (Å²) in [7, 11) is 0. The minimum Gasteiger partial charge on any atom is -0.207 e. The molecule has 0 spiro atoms. The molecule has 88 valence electrons. The Labute approximate surface area is 121 Å². The molecule has 0 saturated carbocycles. The average molecular weight is 352 g/mol. The van der Waals surface area contributed by atoms with Crippen molar-refractivity contribution in [2.45, 2.75) is 9.79 Å². The molecule has 0 amide bonds. The molecule has 5 heteroatoms. The van der Waals surface area contributed by atoms with E-state index in [0.717, 1.165) is 9.79 Å². The molecular formula is C12H6BrCl2FS.